The third-order valence-corrected chi connectivity index (χ3v) is 7.29. The first-order valence-corrected chi connectivity index (χ1v) is 12.3. The fourth-order valence-corrected chi connectivity index (χ4v) is 5.51. The summed E-state index contributed by atoms with van der Waals surface area (Å²) in [4.78, 5) is 12.6. The average Bonchev–Trinajstić information content (AvgIpc) is 3.34. The predicted molar refractivity (Wildman–Crippen MR) is 117 cm³/mol. The number of rotatable bonds is 8. The van der Waals surface area contributed by atoms with Crippen LogP contribution in [0.25, 0.3) is 0 Å². The molecule has 0 spiro atoms. The second-order valence-corrected chi connectivity index (χ2v) is 10.3. The molecule has 0 heterocycles. The predicted octanol–water partition coefficient (Wildman–Crippen LogP) is 3.34. The van der Waals surface area contributed by atoms with Gasteiger partial charge < -0.3 is 10.1 Å². The topological polar surface area (TPSA) is 75.7 Å². The fraction of sp³-hybridized carbons (Fsp3) is 0.435. The maximum absolute atomic E-state index is 12.6. The van der Waals surface area contributed by atoms with E-state index in [1.54, 1.807) is 24.3 Å². The van der Waals surface area contributed by atoms with E-state index < -0.39 is 10.0 Å². The van der Waals surface area contributed by atoms with Gasteiger partial charge in [0.1, 0.15) is 18.9 Å². The summed E-state index contributed by atoms with van der Waals surface area (Å²) in [7, 11) is -3.59. The van der Waals surface area contributed by atoms with Crippen LogP contribution >= 0.6 is 0 Å². The minimum atomic E-state index is -3.59. The van der Waals surface area contributed by atoms with Crippen LogP contribution in [0.3, 0.4) is 0 Å². The third kappa shape index (κ3) is 4.95. The Bertz CT molecular complexity index is 976. The summed E-state index contributed by atoms with van der Waals surface area (Å²) in [6.07, 6.45) is 5.74. The number of fused-ring (bicyclic) bond motifs is 2. The van der Waals surface area contributed by atoms with Gasteiger partial charge in [-0.15, -0.1) is 0 Å². The molecule has 30 heavy (non-hydrogen) atoms. The van der Waals surface area contributed by atoms with Crippen molar-refractivity contribution in [3.8, 4) is 5.75 Å². The number of sulfonamides is 1. The quantitative estimate of drug-likeness (QED) is 0.700. The fourth-order valence-electron chi connectivity index (χ4n) is 4.65. The minimum absolute atomic E-state index is 0.187. The first-order chi connectivity index (χ1) is 14.4. The van der Waals surface area contributed by atoms with Crippen molar-refractivity contribution >= 4 is 21.6 Å². The number of nitrogens with zero attached hydrogens (tertiary/aromatic N) is 1. The molecule has 0 radical (unpaired) electrons. The monoisotopic (exact) mass is 428 g/mol. The number of hydrogen-bond acceptors (Lipinski definition) is 4. The van der Waals surface area contributed by atoms with E-state index in [0.717, 1.165) is 34.9 Å². The molecule has 4 rings (SSSR count). The van der Waals surface area contributed by atoms with E-state index in [1.165, 1.54) is 12.8 Å². The van der Waals surface area contributed by atoms with E-state index in [9.17, 15) is 13.2 Å². The van der Waals surface area contributed by atoms with E-state index in [1.807, 2.05) is 30.3 Å². The van der Waals surface area contributed by atoms with Crippen LogP contribution in [0.15, 0.2) is 54.6 Å². The van der Waals surface area contributed by atoms with Gasteiger partial charge in [-0.1, -0.05) is 36.8 Å². The van der Waals surface area contributed by atoms with Gasteiger partial charge in [-0.2, -0.15) is 0 Å². The number of nitrogens with one attached hydrogen (secondary N) is 1. The molecular weight excluding hydrogens is 400 g/mol. The zero-order valence-electron chi connectivity index (χ0n) is 17.2. The molecule has 1 amide bonds. The van der Waals surface area contributed by atoms with Crippen molar-refractivity contribution in [3.05, 3.63) is 60.2 Å². The van der Waals surface area contributed by atoms with Gasteiger partial charge in [0, 0.05) is 6.04 Å². The lowest BCUT2D eigenvalue weighted by atomic mass is 9.95. The first kappa shape index (κ1) is 20.7. The van der Waals surface area contributed by atoms with Crippen LogP contribution in [0.2, 0.25) is 0 Å². The summed E-state index contributed by atoms with van der Waals surface area (Å²) in [6, 6.07) is 16.8. The van der Waals surface area contributed by atoms with Gasteiger partial charge in [-0.05, 0) is 60.9 Å². The maximum Gasteiger partial charge on any atom is 0.241 e. The average molecular weight is 429 g/mol. The summed E-state index contributed by atoms with van der Waals surface area (Å²) in [6.45, 7) is 0.221. The van der Waals surface area contributed by atoms with Gasteiger partial charge in [0.25, 0.3) is 0 Å². The number of hydrogen-bond donors (Lipinski definition) is 1. The van der Waals surface area contributed by atoms with Gasteiger partial charge in [0.2, 0.25) is 15.9 Å². The van der Waals surface area contributed by atoms with Crippen molar-refractivity contribution < 1.29 is 17.9 Å². The lowest BCUT2D eigenvalue weighted by Crippen LogP contribution is -2.45. The largest absolute Gasteiger partial charge is 0.489 e. The Morgan fingerprint density at radius 1 is 1.07 bits per heavy atom. The molecule has 2 aliphatic rings. The molecule has 7 heteroatoms. The molecule has 0 aromatic heterocycles. The van der Waals surface area contributed by atoms with Gasteiger partial charge in [0.15, 0.2) is 0 Å². The number of carbonyl (C=O) groups excluding carboxylic acids is 1. The highest BCUT2D eigenvalue weighted by Gasteiger charge is 2.40. The molecule has 2 fully saturated rings. The van der Waals surface area contributed by atoms with E-state index in [2.05, 4.69) is 5.32 Å². The Morgan fingerprint density at radius 2 is 1.80 bits per heavy atom. The van der Waals surface area contributed by atoms with Gasteiger partial charge in [-0.25, -0.2) is 8.42 Å². The highest BCUT2D eigenvalue weighted by molar-refractivity contribution is 7.92. The van der Waals surface area contributed by atoms with Crippen LogP contribution in [0.1, 0.15) is 31.2 Å². The molecule has 1 N–H and O–H groups in total. The van der Waals surface area contributed by atoms with Crippen LogP contribution < -0.4 is 14.4 Å². The number of anilines is 1. The Kier molecular flexibility index (Phi) is 5.99. The van der Waals surface area contributed by atoms with E-state index in [0.29, 0.717) is 24.0 Å². The molecule has 160 valence electrons. The highest BCUT2D eigenvalue weighted by Crippen LogP contribution is 2.44. The van der Waals surface area contributed by atoms with E-state index in [-0.39, 0.29) is 18.5 Å². The van der Waals surface area contributed by atoms with Crippen molar-refractivity contribution in [1.82, 2.24) is 5.32 Å². The first-order valence-electron chi connectivity index (χ1n) is 10.4. The van der Waals surface area contributed by atoms with Gasteiger partial charge in [0.05, 0.1) is 11.9 Å². The van der Waals surface area contributed by atoms with Crippen LogP contribution in [-0.2, 0) is 21.4 Å². The van der Waals surface area contributed by atoms with Crippen LogP contribution in [0, 0.1) is 11.8 Å². The Labute approximate surface area is 178 Å². The molecule has 0 saturated heterocycles. The molecule has 3 atom stereocenters. The summed E-state index contributed by atoms with van der Waals surface area (Å²) in [5.74, 6) is 1.66. The molecule has 2 aromatic rings. The number of ether oxygens (including phenoxy) is 1. The smallest absolute Gasteiger partial charge is 0.241 e. The summed E-state index contributed by atoms with van der Waals surface area (Å²) in [5, 5.41) is 3.06. The lowest BCUT2D eigenvalue weighted by molar-refractivity contribution is -0.120. The summed E-state index contributed by atoms with van der Waals surface area (Å²) < 4.78 is 31.6. The second-order valence-electron chi connectivity index (χ2n) is 8.39. The number of benzene rings is 2. The molecule has 2 saturated carbocycles. The highest BCUT2D eigenvalue weighted by atomic mass is 32.2. The molecule has 0 unspecified atom stereocenters. The Hall–Kier alpha value is -2.54. The zero-order chi connectivity index (χ0) is 21.1. The molecular formula is C23H28N2O4S. The third-order valence-electron chi connectivity index (χ3n) is 6.15. The normalized spacial score (nSPS) is 22.6. The SMILES string of the molecule is CS(=O)(=O)N(CC(=O)N[C@H]1C[C@H]2CC[C@H]1C2)c1ccc(OCc2ccccc2)cc1. The van der Waals surface area contributed by atoms with Crippen molar-refractivity contribution in [3.63, 3.8) is 0 Å². The van der Waals surface area contributed by atoms with Gasteiger partial charge in [-0.3, -0.25) is 9.10 Å². The van der Waals surface area contributed by atoms with Crippen molar-refractivity contribution in [1.29, 1.82) is 0 Å². The maximum atomic E-state index is 12.6. The summed E-state index contributed by atoms with van der Waals surface area (Å²) >= 11 is 0. The second kappa shape index (κ2) is 8.68. The molecule has 0 aliphatic heterocycles. The van der Waals surface area contributed by atoms with Crippen LogP contribution in [0.5, 0.6) is 5.75 Å². The van der Waals surface area contributed by atoms with Crippen LogP contribution in [0.4, 0.5) is 5.69 Å². The van der Waals surface area contributed by atoms with E-state index in [4.69, 9.17) is 4.74 Å². The number of amides is 1. The van der Waals surface area contributed by atoms with Crippen molar-refractivity contribution in [2.24, 2.45) is 11.8 Å². The van der Waals surface area contributed by atoms with Crippen molar-refractivity contribution in [2.45, 2.75) is 38.3 Å². The minimum Gasteiger partial charge on any atom is -0.489 e. The summed E-state index contributed by atoms with van der Waals surface area (Å²) in [5.41, 5.74) is 1.50. The molecule has 2 aliphatic carbocycles. The molecule has 2 aromatic carbocycles. The Balaban J connectivity index is 1.38. The molecule has 2 bridgehead atoms. The van der Waals surface area contributed by atoms with Gasteiger partial charge >= 0.3 is 0 Å². The van der Waals surface area contributed by atoms with Crippen LogP contribution in [-0.4, -0.2) is 33.2 Å². The molecule has 6 nitrogen and oxygen atoms in total. The Morgan fingerprint density at radius 3 is 2.40 bits per heavy atom. The van der Waals surface area contributed by atoms with E-state index >= 15 is 0 Å². The lowest BCUT2D eigenvalue weighted by Gasteiger charge is -2.26. The zero-order valence-corrected chi connectivity index (χ0v) is 18.0. The standard InChI is InChI=1S/C23H28N2O4S/c1-30(27,28)25(15-23(26)24-22-14-18-7-8-19(22)13-18)20-9-11-21(12-10-20)29-16-17-5-3-2-4-6-17/h2-6,9-12,18-19,22H,7-8,13-16H2,1H3,(H,24,26)/t18-,19-,22-/m0/s1. The van der Waals surface area contributed by atoms with Crippen molar-refractivity contribution in [2.75, 3.05) is 17.1 Å². The number of carbonyl (C=O) groups is 1.